The Balaban J connectivity index is 2.40. The van der Waals surface area contributed by atoms with Crippen molar-refractivity contribution in [2.45, 2.75) is 6.92 Å². The second-order valence-electron chi connectivity index (χ2n) is 4.35. The molecular weight excluding hydrogens is 206 g/mol. The molecule has 0 N–H and O–H groups in total. The zero-order valence-electron chi connectivity index (χ0n) is 9.57. The normalized spacial score (nSPS) is 10.6. The molecule has 17 heavy (non-hydrogen) atoms. The second kappa shape index (κ2) is 3.61. The second-order valence-corrected chi connectivity index (χ2v) is 4.35. The maximum atomic E-state index is 7.04. The zero-order chi connectivity index (χ0) is 11.8. The van der Waals surface area contributed by atoms with E-state index in [-0.39, 0.29) is 0 Å². The fraction of sp³-hybridized carbons (Fsp3) is 0.0625. The van der Waals surface area contributed by atoms with Crippen LogP contribution in [0.4, 0.5) is 5.69 Å². The van der Waals surface area contributed by atoms with Gasteiger partial charge in [0, 0.05) is 0 Å². The van der Waals surface area contributed by atoms with Gasteiger partial charge in [-0.25, -0.2) is 4.85 Å². The van der Waals surface area contributed by atoms with Crippen molar-refractivity contribution in [3.8, 4) is 0 Å². The van der Waals surface area contributed by atoms with Crippen LogP contribution in [0.25, 0.3) is 26.4 Å². The first-order valence-electron chi connectivity index (χ1n) is 5.58. The van der Waals surface area contributed by atoms with Gasteiger partial charge in [-0.2, -0.15) is 0 Å². The molecule has 0 aromatic heterocycles. The van der Waals surface area contributed by atoms with E-state index in [2.05, 4.69) is 42.1 Å². The topological polar surface area (TPSA) is 4.36 Å². The van der Waals surface area contributed by atoms with E-state index in [4.69, 9.17) is 6.57 Å². The van der Waals surface area contributed by atoms with Gasteiger partial charge in [0.2, 0.25) is 0 Å². The highest BCUT2D eigenvalue weighted by atomic mass is 14.6. The molecule has 3 aromatic rings. The molecule has 3 rings (SSSR count). The number of rotatable bonds is 0. The van der Waals surface area contributed by atoms with Gasteiger partial charge in [-0.05, 0) is 46.7 Å². The van der Waals surface area contributed by atoms with E-state index in [0.717, 1.165) is 5.39 Å². The third-order valence-electron chi connectivity index (χ3n) is 3.06. The highest BCUT2D eigenvalue weighted by Crippen LogP contribution is 2.26. The minimum absolute atomic E-state index is 0.698. The van der Waals surface area contributed by atoms with Crippen LogP contribution in [0.1, 0.15) is 5.56 Å². The molecule has 0 saturated carbocycles. The Kier molecular flexibility index (Phi) is 2.09. The molecule has 0 fully saturated rings. The third-order valence-corrected chi connectivity index (χ3v) is 3.06. The van der Waals surface area contributed by atoms with Crippen molar-refractivity contribution in [2.24, 2.45) is 0 Å². The molecule has 0 saturated heterocycles. The fourth-order valence-electron chi connectivity index (χ4n) is 2.17. The van der Waals surface area contributed by atoms with Crippen molar-refractivity contribution < 1.29 is 0 Å². The molecule has 3 aromatic carbocycles. The quantitative estimate of drug-likeness (QED) is 0.374. The van der Waals surface area contributed by atoms with Gasteiger partial charge in [0.15, 0.2) is 5.69 Å². The van der Waals surface area contributed by atoms with E-state index in [1.807, 2.05) is 18.2 Å². The first-order valence-corrected chi connectivity index (χ1v) is 5.58. The van der Waals surface area contributed by atoms with E-state index < -0.39 is 0 Å². The van der Waals surface area contributed by atoms with E-state index >= 15 is 0 Å². The molecule has 0 aliphatic rings. The third kappa shape index (κ3) is 1.64. The van der Waals surface area contributed by atoms with Crippen molar-refractivity contribution in [1.82, 2.24) is 0 Å². The minimum Gasteiger partial charge on any atom is -0.238 e. The number of benzene rings is 3. The number of hydrogen-bond acceptors (Lipinski definition) is 0. The molecule has 1 nitrogen and oxygen atoms in total. The summed E-state index contributed by atoms with van der Waals surface area (Å²) in [6, 6.07) is 16.6. The van der Waals surface area contributed by atoms with Crippen LogP contribution >= 0.6 is 0 Å². The van der Waals surface area contributed by atoms with E-state index in [0.29, 0.717) is 5.69 Å². The Morgan fingerprint density at radius 3 is 2.12 bits per heavy atom. The summed E-state index contributed by atoms with van der Waals surface area (Å²) in [5, 5.41) is 4.81. The molecule has 0 atom stereocenters. The molecule has 0 radical (unpaired) electrons. The van der Waals surface area contributed by atoms with Crippen LogP contribution in [-0.2, 0) is 0 Å². The van der Waals surface area contributed by atoms with Crippen LogP contribution in [0, 0.1) is 13.5 Å². The first-order chi connectivity index (χ1) is 8.26. The summed E-state index contributed by atoms with van der Waals surface area (Å²) < 4.78 is 0. The molecule has 0 aliphatic carbocycles. The summed E-state index contributed by atoms with van der Waals surface area (Å²) in [5.41, 5.74) is 1.97. The standard InChI is InChI=1S/C16H11N/c1-11-3-4-12-9-15-10-16(17-2)6-5-13(15)8-14(12)7-11/h3-10H,1H3. The van der Waals surface area contributed by atoms with Crippen molar-refractivity contribution in [1.29, 1.82) is 0 Å². The van der Waals surface area contributed by atoms with Gasteiger partial charge in [0.05, 0.1) is 6.57 Å². The summed E-state index contributed by atoms with van der Waals surface area (Å²) in [5.74, 6) is 0. The van der Waals surface area contributed by atoms with Gasteiger partial charge in [-0.15, -0.1) is 0 Å². The predicted octanol–water partition coefficient (Wildman–Crippen LogP) is 4.85. The summed E-state index contributed by atoms with van der Waals surface area (Å²) in [6.45, 7) is 9.14. The Labute approximate surface area is 100 Å². The van der Waals surface area contributed by atoms with Gasteiger partial charge < -0.3 is 0 Å². The summed E-state index contributed by atoms with van der Waals surface area (Å²) in [6.07, 6.45) is 0. The van der Waals surface area contributed by atoms with Crippen molar-refractivity contribution in [2.75, 3.05) is 0 Å². The molecular formula is C16H11N. The number of nitrogens with zero attached hydrogens (tertiary/aromatic N) is 1. The fourth-order valence-corrected chi connectivity index (χ4v) is 2.17. The molecule has 0 spiro atoms. The SMILES string of the molecule is [C-]#[N+]c1ccc2cc3cc(C)ccc3cc2c1. The van der Waals surface area contributed by atoms with Crippen molar-refractivity contribution in [3.05, 3.63) is 65.5 Å². The molecule has 0 amide bonds. The van der Waals surface area contributed by atoms with Crippen LogP contribution in [0.5, 0.6) is 0 Å². The molecule has 0 heterocycles. The lowest BCUT2D eigenvalue weighted by Gasteiger charge is -2.04. The summed E-state index contributed by atoms with van der Waals surface area (Å²) >= 11 is 0. The van der Waals surface area contributed by atoms with E-state index in [9.17, 15) is 0 Å². The number of hydrogen-bond donors (Lipinski definition) is 0. The van der Waals surface area contributed by atoms with Crippen LogP contribution in [0.15, 0.2) is 48.5 Å². The summed E-state index contributed by atoms with van der Waals surface area (Å²) in [7, 11) is 0. The van der Waals surface area contributed by atoms with Crippen LogP contribution in [-0.4, -0.2) is 0 Å². The van der Waals surface area contributed by atoms with Crippen LogP contribution in [0.2, 0.25) is 0 Å². The van der Waals surface area contributed by atoms with Gasteiger partial charge in [0.25, 0.3) is 0 Å². The highest BCUT2D eigenvalue weighted by Gasteiger charge is 1.99. The zero-order valence-corrected chi connectivity index (χ0v) is 9.57. The average Bonchev–Trinajstić information content (AvgIpc) is 2.35. The lowest BCUT2D eigenvalue weighted by atomic mass is 10.0. The smallest absolute Gasteiger partial charge is 0.187 e. The molecule has 80 valence electrons. The predicted molar refractivity (Wildman–Crippen MR) is 72.5 cm³/mol. The number of aryl methyl sites for hydroxylation is 1. The van der Waals surface area contributed by atoms with Gasteiger partial charge in [0.1, 0.15) is 0 Å². The molecule has 0 unspecified atom stereocenters. The lowest BCUT2D eigenvalue weighted by Crippen LogP contribution is -1.78. The molecule has 1 heteroatoms. The Morgan fingerprint density at radius 1 is 0.765 bits per heavy atom. The van der Waals surface area contributed by atoms with E-state index in [1.54, 1.807) is 0 Å². The number of fused-ring (bicyclic) bond motifs is 2. The van der Waals surface area contributed by atoms with E-state index in [1.165, 1.54) is 21.7 Å². The van der Waals surface area contributed by atoms with Gasteiger partial charge >= 0.3 is 0 Å². The Hall–Kier alpha value is -2.33. The maximum Gasteiger partial charge on any atom is 0.187 e. The Morgan fingerprint density at radius 2 is 1.41 bits per heavy atom. The molecule has 0 aliphatic heterocycles. The van der Waals surface area contributed by atoms with Crippen LogP contribution in [0.3, 0.4) is 0 Å². The highest BCUT2D eigenvalue weighted by molar-refractivity contribution is 5.99. The largest absolute Gasteiger partial charge is 0.238 e. The lowest BCUT2D eigenvalue weighted by molar-refractivity contribution is 1.51. The van der Waals surface area contributed by atoms with Gasteiger partial charge in [-0.3, -0.25) is 0 Å². The first kappa shape index (κ1) is 9.86. The van der Waals surface area contributed by atoms with Gasteiger partial charge in [-0.1, -0.05) is 35.9 Å². The maximum absolute atomic E-state index is 7.04. The summed E-state index contributed by atoms with van der Waals surface area (Å²) in [4.78, 5) is 3.46. The Bertz CT molecular complexity index is 763. The van der Waals surface area contributed by atoms with Crippen molar-refractivity contribution in [3.63, 3.8) is 0 Å². The molecule has 0 bridgehead atoms. The van der Waals surface area contributed by atoms with Crippen molar-refractivity contribution >= 4 is 27.2 Å². The minimum atomic E-state index is 0.698. The van der Waals surface area contributed by atoms with Crippen LogP contribution < -0.4 is 0 Å². The average molecular weight is 217 g/mol. The monoisotopic (exact) mass is 217 g/mol.